The molecule has 0 radical (unpaired) electrons. The van der Waals surface area contributed by atoms with E-state index in [1.807, 2.05) is 30.3 Å². The topological polar surface area (TPSA) is 94.6 Å². The second-order valence-corrected chi connectivity index (χ2v) is 9.05. The van der Waals surface area contributed by atoms with Crippen LogP contribution in [0.5, 0.6) is 0 Å². The molecule has 0 N–H and O–H groups in total. The van der Waals surface area contributed by atoms with Crippen molar-refractivity contribution >= 4 is 18.0 Å². The van der Waals surface area contributed by atoms with E-state index in [9.17, 15) is 14.4 Å². The molecule has 0 aromatic heterocycles. The first-order valence-corrected chi connectivity index (χ1v) is 10.1. The van der Waals surface area contributed by atoms with E-state index in [-0.39, 0.29) is 19.8 Å². The monoisotopic (exact) mass is 434 g/mol. The largest absolute Gasteiger partial charge is 0.467 e. The van der Waals surface area contributed by atoms with Crippen LogP contribution in [0, 0.1) is 5.92 Å². The van der Waals surface area contributed by atoms with E-state index in [1.54, 1.807) is 34.7 Å². The van der Waals surface area contributed by atoms with E-state index in [1.165, 1.54) is 12.2 Å². The molecule has 0 bridgehead atoms. The van der Waals surface area contributed by atoms with Gasteiger partial charge in [-0.05, 0) is 33.3 Å². The quantitative estimate of drug-likeness (QED) is 0.651. The SMILES string of the molecule is COC(=O)[C@]1(COCc2ccccc2)N(C(=O)OC(C)(C)C)C(=O)[C@@H]2CN(C)O[C@@]21C. The Bertz CT molecular complexity index is 853. The van der Waals surface area contributed by atoms with Gasteiger partial charge in [-0.15, -0.1) is 0 Å². The van der Waals surface area contributed by atoms with E-state index in [2.05, 4.69) is 0 Å². The highest BCUT2D eigenvalue weighted by atomic mass is 16.7. The van der Waals surface area contributed by atoms with Crippen molar-refractivity contribution in [2.75, 3.05) is 27.3 Å². The molecule has 0 saturated carbocycles. The molecule has 3 rings (SSSR count). The predicted molar refractivity (Wildman–Crippen MR) is 110 cm³/mol. The van der Waals surface area contributed by atoms with Crippen LogP contribution >= 0.6 is 0 Å². The third kappa shape index (κ3) is 3.93. The number of likely N-dealkylation sites (tertiary alicyclic amines) is 1. The van der Waals surface area contributed by atoms with Crippen molar-refractivity contribution in [2.45, 2.75) is 51.0 Å². The second-order valence-electron chi connectivity index (χ2n) is 9.05. The van der Waals surface area contributed by atoms with Crippen molar-refractivity contribution in [1.82, 2.24) is 9.96 Å². The van der Waals surface area contributed by atoms with E-state index in [0.29, 0.717) is 0 Å². The predicted octanol–water partition coefficient (Wildman–Crippen LogP) is 2.14. The van der Waals surface area contributed by atoms with Gasteiger partial charge in [-0.25, -0.2) is 14.5 Å². The van der Waals surface area contributed by atoms with Crippen LogP contribution in [-0.2, 0) is 35.2 Å². The second kappa shape index (κ2) is 8.22. The summed E-state index contributed by atoms with van der Waals surface area (Å²) in [5.41, 5.74) is -3.24. The van der Waals surface area contributed by atoms with Gasteiger partial charge >= 0.3 is 12.1 Å². The maximum absolute atomic E-state index is 13.4. The molecule has 0 unspecified atom stereocenters. The normalized spacial score (nSPS) is 28.5. The Morgan fingerprint density at radius 3 is 2.45 bits per heavy atom. The van der Waals surface area contributed by atoms with Crippen LogP contribution in [0.1, 0.15) is 33.3 Å². The van der Waals surface area contributed by atoms with Crippen LogP contribution in [0.4, 0.5) is 4.79 Å². The lowest BCUT2D eigenvalue weighted by Gasteiger charge is -2.42. The summed E-state index contributed by atoms with van der Waals surface area (Å²) in [7, 11) is 2.87. The Hall–Kier alpha value is -2.49. The summed E-state index contributed by atoms with van der Waals surface area (Å²) in [6.07, 6.45) is -0.937. The molecule has 170 valence electrons. The third-order valence-corrected chi connectivity index (χ3v) is 5.69. The minimum Gasteiger partial charge on any atom is -0.467 e. The average molecular weight is 434 g/mol. The van der Waals surface area contributed by atoms with Crippen molar-refractivity contribution in [1.29, 1.82) is 0 Å². The highest BCUT2D eigenvalue weighted by Gasteiger charge is 2.77. The number of esters is 1. The third-order valence-electron chi connectivity index (χ3n) is 5.69. The molecule has 1 aromatic rings. The van der Waals surface area contributed by atoms with Gasteiger partial charge in [-0.2, -0.15) is 5.06 Å². The molecule has 2 heterocycles. The van der Waals surface area contributed by atoms with Gasteiger partial charge in [0.2, 0.25) is 11.4 Å². The first kappa shape index (κ1) is 23.2. The first-order valence-electron chi connectivity index (χ1n) is 10.1. The Balaban J connectivity index is 2.03. The number of carbonyl (C=O) groups excluding carboxylic acids is 3. The molecule has 2 fully saturated rings. The van der Waals surface area contributed by atoms with Crippen LogP contribution in [-0.4, -0.2) is 72.0 Å². The number of hydroxylamine groups is 2. The van der Waals surface area contributed by atoms with Gasteiger partial charge in [0.05, 0.1) is 26.2 Å². The molecule has 2 saturated heterocycles. The zero-order chi connectivity index (χ0) is 23.0. The lowest BCUT2D eigenvalue weighted by Crippen LogP contribution is -2.68. The molecule has 1 aromatic carbocycles. The molecular weight excluding hydrogens is 404 g/mol. The minimum atomic E-state index is -1.86. The number of rotatable bonds is 5. The first-order chi connectivity index (χ1) is 14.5. The number of imide groups is 1. The zero-order valence-corrected chi connectivity index (χ0v) is 18.8. The summed E-state index contributed by atoms with van der Waals surface area (Å²) in [4.78, 5) is 46.6. The van der Waals surface area contributed by atoms with Gasteiger partial charge in [0.15, 0.2) is 0 Å². The van der Waals surface area contributed by atoms with E-state index < -0.39 is 40.6 Å². The van der Waals surface area contributed by atoms with Crippen molar-refractivity contribution in [3.8, 4) is 0 Å². The molecule has 2 amide bonds. The summed E-state index contributed by atoms with van der Waals surface area (Å²) < 4.78 is 16.5. The lowest BCUT2D eigenvalue weighted by molar-refractivity contribution is -0.227. The molecule has 2 aliphatic heterocycles. The number of ether oxygens (including phenoxy) is 3. The molecule has 0 aliphatic carbocycles. The number of fused-ring (bicyclic) bond motifs is 1. The summed E-state index contributed by atoms with van der Waals surface area (Å²) in [5, 5.41) is 1.49. The summed E-state index contributed by atoms with van der Waals surface area (Å²) in [5.74, 6) is -2.14. The number of nitrogens with zero attached hydrogens (tertiary/aromatic N) is 2. The fourth-order valence-corrected chi connectivity index (χ4v) is 4.27. The Labute approximate surface area is 182 Å². The standard InChI is InChI=1S/C22H30N2O7/c1-20(2,3)30-19(27)24-17(25)16-12-23(5)31-21(16,4)22(24,18(26)28-6)14-29-13-15-10-8-7-9-11-15/h7-11,16H,12-14H2,1-6H3/t16-,21-,22-/m0/s1. The molecule has 31 heavy (non-hydrogen) atoms. The van der Waals surface area contributed by atoms with Crippen LogP contribution in [0.3, 0.4) is 0 Å². The van der Waals surface area contributed by atoms with Crippen molar-refractivity contribution < 1.29 is 33.4 Å². The van der Waals surface area contributed by atoms with Crippen LogP contribution < -0.4 is 0 Å². The van der Waals surface area contributed by atoms with Crippen molar-refractivity contribution in [3.63, 3.8) is 0 Å². The highest BCUT2D eigenvalue weighted by molar-refractivity contribution is 6.05. The van der Waals surface area contributed by atoms with Gasteiger partial charge in [0, 0.05) is 13.6 Å². The van der Waals surface area contributed by atoms with Gasteiger partial charge in [-0.3, -0.25) is 9.63 Å². The maximum atomic E-state index is 13.4. The molecule has 9 nitrogen and oxygen atoms in total. The molecular formula is C22H30N2O7. The smallest absolute Gasteiger partial charge is 0.418 e. The molecule has 3 atom stereocenters. The number of hydrogen-bond donors (Lipinski definition) is 0. The van der Waals surface area contributed by atoms with Gasteiger partial charge < -0.3 is 14.2 Å². The number of hydrogen-bond acceptors (Lipinski definition) is 8. The van der Waals surface area contributed by atoms with Crippen molar-refractivity contribution in [2.24, 2.45) is 5.92 Å². The minimum absolute atomic E-state index is 0.173. The Morgan fingerprint density at radius 1 is 1.23 bits per heavy atom. The van der Waals surface area contributed by atoms with Crippen LogP contribution in [0.15, 0.2) is 30.3 Å². The molecule has 9 heteroatoms. The van der Waals surface area contributed by atoms with Crippen LogP contribution in [0.25, 0.3) is 0 Å². The van der Waals surface area contributed by atoms with E-state index in [0.717, 1.165) is 10.5 Å². The van der Waals surface area contributed by atoms with Gasteiger partial charge in [-0.1, -0.05) is 30.3 Å². The zero-order valence-electron chi connectivity index (χ0n) is 18.8. The van der Waals surface area contributed by atoms with Crippen molar-refractivity contribution in [3.05, 3.63) is 35.9 Å². The number of benzene rings is 1. The maximum Gasteiger partial charge on any atom is 0.418 e. The fourth-order valence-electron chi connectivity index (χ4n) is 4.27. The molecule has 0 spiro atoms. The van der Waals surface area contributed by atoms with E-state index >= 15 is 0 Å². The highest BCUT2D eigenvalue weighted by Crippen LogP contribution is 2.51. The summed E-state index contributed by atoms with van der Waals surface area (Å²) >= 11 is 0. The van der Waals surface area contributed by atoms with Gasteiger partial charge in [0.1, 0.15) is 11.2 Å². The van der Waals surface area contributed by atoms with Crippen LogP contribution in [0.2, 0.25) is 0 Å². The Kier molecular flexibility index (Phi) is 6.14. The number of amides is 2. The lowest BCUT2D eigenvalue weighted by atomic mass is 9.77. The molecule has 2 aliphatic rings. The number of carbonyl (C=O) groups is 3. The summed E-state index contributed by atoms with van der Waals surface area (Å²) in [6.45, 7) is 6.77. The Morgan fingerprint density at radius 2 is 1.87 bits per heavy atom. The van der Waals surface area contributed by atoms with Gasteiger partial charge in [0.25, 0.3) is 0 Å². The average Bonchev–Trinajstić information content (AvgIpc) is 3.08. The van der Waals surface area contributed by atoms with E-state index in [4.69, 9.17) is 19.0 Å². The summed E-state index contributed by atoms with van der Waals surface area (Å²) in [6, 6.07) is 9.37. The number of methoxy groups -OCH3 is 1. The fraction of sp³-hybridized carbons (Fsp3) is 0.591.